The van der Waals surface area contributed by atoms with Crippen LogP contribution >= 0.6 is 22.6 Å². The van der Waals surface area contributed by atoms with E-state index in [0.717, 1.165) is 22.2 Å². The van der Waals surface area contributed by atoms with Gasteiger partial charge in [0.1, 0.15) is 0 Å². The van der Waals surface area contributed by atoms with E-state index in [0.29, 0.717) is 13.1 Å². The Morgan fingerprint density at radius 3 is 2.63 bits per heavy atom. The molecule has 1 aliphatic heterocycles. The number of piperazine rings is 1. The number of nitrogens with zero attached hydrogens (tertiary/aromatic N) is 3. The van der Waals surface area contributed by atoms with Crippen LogP contribution in [0.25, 0.3) is 0 Å². The van der Waals surface area contributed by atoms with E-state index in [1.165, 1.54) is 0 Å². The highest BCUT2D eigenvalue weighted by Crippen LogP contribution is 2.13. The summed E-state index contributed by atoms with van der Waals surface area (Å²) in [6.07, 6.45) is 0. The lowest BCUT2D eigenvalue weighted by atomic mass is 10.1. The summed E-state index contributed by atoms with van der Waals surface area (Å²) < 4.78 is 1.07. The van der Waals surface area contributed by atoms with Gasteiger partial charge in [-0.15, -0.1) is 0 Å². The third-order valence-electron chi connectivity index (χ3n) is 3.41. The Morgan fingerprint density at radius 1 is 1.37 bits per heavy atom. The largest absolute Gasteiger partial charge is 0.336 e. The monoisotopic (exact) mass is 369 g/mol. The van der Waals surface area contributed by atoms with E-state index in [4.69, 9.17) is 5.26 Å². The van der Waals surface area contributed by atoms with Crippen molar-refractivity contribution >= 4 is 28.5 Å². The average molecular weight is 369 g/mol. The molecule has 100 valence electrons. The van der Waals surface area contributed by atoms with Gasteiger partial charge in [-0.1, -0.05) is 6.07 Å². The fourth-order valence-corrected chi connectivity index (χ4v) is 2.74. The lowest BCUT2D eigenvalue weighted by Gasteiger charge is -2.35. The summed E-state index contributed by atoms with van der Waals surface area (Å²) in [4.78, 5) is 16.3. The quantitative estimate of drug-likeness (QED) is 0.749. The summed E-state index contributed by atoms with van der Waals surface area (Å²) in [6.45, 7) is 4.82. The van der Waals surface area contributed by atoms with Crippen LogP contribution in [0.4, 0.5) is 0 Å². The Balaban J connectivity index is 1.98. The Kier molecular flexibility index (Phi) is 4.77. The van der Waals surface area contributed by atoms with Crippen LogP contribution < -0.4 is 0 Å². The minimum absolute atomic E-state index is 0.0741. The molecule has 1 aliphatic rings. The van der Waals surface area contributed by atoms with Crippen molar-refractivity contribution in [2.24, 2.45) is 0 Å². The van der Waals surface area contributed by atoms with E-state index in [1.807, 2.05) is 36.1 Å². The molecule has 0 spiro atoms. The van der Waals surface area contributed by atoms with Gasteiger partial charge in [0, 0.05) is 35.3 Å². The molecule has 0 saturated carbocycles. The first kappa shape index (κ1) is 14.3. The van der Waals surface area contributed by atoms with Gasteiger partial charge in [-0.2, -0.15) is 5.26 Å². The summed E-state index contributed by atoms with van der Waals surface area (Å²) >= 11 is 2.21. The van der Waals surface area contributed by atoms with Crippen LogP contribution in [0.15, 0.2) is 24.3 Å². The maximum Gasteiger partial charge on any atom is 0.253 e. The molecule has 1 fully saturated rings. The van der Waals surface area contributed by atoms with Gasteiger partial charge in [0.05, 0.1) is 12.1 Å². The Morgan fingerprint density at radius 2 is 2.05 bits per heavy atom. The standard InChI is InChI=1S/C14H16IN3O/c1-11(10-16)17-5-7-18(8-6-17)14(19)12-3-2-4-13(15)9-12/h2-4,9,11H,5-8H2,1H3. The third-order valence-corrected chi connectivity index (χ3v) is 4.08. The highest BCUT2D eigenvalue weighted by molar-refractivity contribution is 14.1. The molecule has 19 heavy (non-hydrogen) atoms. The van der Waals surface area contributed by atoms with Crippen LogP contribution in [-0.2, 0) is 0 Å². The molecule has 1 aromatic rings. The van der Waals surface area contributed by atoms with Gasteiger partial charge in [-0.3, -0.25) is 9.69 Å². The normalized spacial score (nSPS) is 17.8. The SMILES string of the molecule is CC(C#N)N1CCN(C(=O)c2cccc(I)c2)CC1. The van der Waals surface area contributed by atoms with E-state index in [-0.39, 0.29) is 11.9 Å². The molecule has 0 aliphatic carbocycles. The molecule has 0 radical (unpaired) electrons. The Labute approximate surface area is 127 Å². The van der Waals surface area contributed by atoms with Crippen LogP contribution in [0, 0.1) is 14.9 Å². The third kappa shape index (κ3) is 3.45. The highest BCUT2D eigenvalue weighted by Gasteiger charge is 2.24. The fraction of sp³-hybridized carbons (Fsp3) is 0.429. The number of rotatable bonds is 2. The second-order valence-corrected chi connectivity index (χ2v) is 5.89. The van der Waals surface area contributed by atoms with Crippen LogP contribution in [-0.4, -0.2) is 47.9 Å². The maximum absolute atomic E-state index is 12.3. The zero-order chi connectivity index (χ0) is 13.8. The van der Waals surface area contributed by atoms with Crippen LogP contribution in [0.2, 0.25) is 0 Å². The summed E-state index contributed by atoms with van der Waals surface area (Å²) in [7, 11) is 0. The van der Waals surface area contributed by atoms with E-state index >= 15 is 0 Å². The molecule has 1 saturated heterocycles. The van der Waals surface area contributed by atoms with Crippen LogP contribution in [0.1, 0.15) is 17.3 Å². The molecule has 1 amide bonds. The molecule has 1 aromatic carbocycles. The molecular formula is C14H16IN3O. The second-order valence-electron chi connectivity index (χ2n) is 4.64. The maximum atomic E-state index is 12.3. The van der Waals surface area contributed by atoms with Crippen molar-refractivity contribution in [2.75, 3.05) is 26.2 Å². The van der Waals surface area contributed by atoms with E-state index < -0.39 is 0 Å². The highest BCUT2D eigenvalue weighted by atomic mass is 127. The number of carbonyl (C=O) groups excluding carboxylic acids is 1. The smallest absolute Gasteiger partial charge is 0.253 e. The predicted molar refractivity (Wildman–Crippen MR) is 81.7 cm³/mol. The Bertz CT molecular complexity index is 504. The first-order chi connectivity index (χ1) is 9.11. The molecule has 4 nitrogen and oxygen atoms in total. The van der Waals surface area contributed by atoms with Crippen molar-refractivity contribution in [3.63, 3.8) is 0 Å². The molecule has 0 N–H and O–H groups in total. The first-order valence-corrected chi connectivity index (χ1v) is 7.38. The van der Waals surface area contributed by atoms with E-state index in [2.05, 4.69) is 33.6 Å². The van der Waals surface area contributed by atoms with Gasteiger partial charge in [0.2, 0.25) is 0 Å². The van der Waals surface area contributed by atoms with Crippen molar-refractivity contribution in [3.05, 3.63) is 33.4 Å². The fourth-order valence-electron chi connectivity index (χ4n) is 2.20. The van der Waals surface area contributed by atoms with E-state index in [1.54, 1.807) is 0 Å². The Hall–Kier alpha value is -1.13. The van der Waals surface area contributed by atoms with Crippen molar-refractivity contribution in [2.45, 2.75) is 13.0 Å². The van der Waals surface area contributed by atoms with E-state index in [9.17, 15) is 4.79 Å². The molecule has 1 heterocycles. The summed E-state index contributed by atoms with van der Waals surface area (Å²) in [6, 6.07) is 9.81. The summed E-state index contributed by atoms with van der Waals surface area (Å²) in [5, 5.41) is 8.90. The minimum atomic E-state index is -0.0741. The van der Waals surface area contributed by atoms with Gasteiger partial charge in [-0.05, 0) is 47.7 Å². The number of halogens is 1. The van der Waals surface area contributed by atoms with Crippen molar-refractivity contribution < 1.29 is 4.79 Å². The lowest BCUT2D eigenvalue weighted by molar-refractivity contribution is 0.0615. The molecule has 5 heteroatoms. The first-order valence-electron chi connectivity index (χ1n) is 6.30. The van der Waals surface area contributed by atoms with Gasteiger partial charge < -0.3 is 4.90 Å². The lowest BCUT2D eigenvalue weighted by Crippen LogP contribution is -2.51. The van der Waals surface area contributed by atoms with Gasteiger partial charge in [-0.25, -0.2) is 0 Å². The molecule has 0 aromatic heterocycles. The zero-order valence-electron chi connectivity index (χ0n) is 10.8. The number of carbonyl (C=O) groups is 1. The molecule has 2 rings (SSSR count). The second kappa shape index (κ2) is 6.35. The average Bonchev–Trinajstić information content (AvgIpc) is 2.46. The number of nitriles is 1. The summed E-state index contributed by atoms with van der Waals surface area (Å²) in [5.41, 5.74) is 0.744. The van der Waals surface area contributed by atoms with Crippen LogP contribution in [0.5, 0.6) is 0 Å². The van der Waals surface area contributed by atoms with Crippen LogP contribution in [0.3, 0.4) is 0 Å². The predicted octanol–water partition coefficient (Wildman–Crippen LogP) is 1.96. The number of hydrogen-bond donors (Lipinski definition) is 0. The van der Waals surface area contributed by atoms with Gasteiger partial charge in [0.25, 0.3) is 5.91 Å². The zero-order valence-corrected chi connectivity index (χ0v) is 13.0. The van der Waals surface area contributed by atoms with Gasteiger partial charge in [0.15, 0.2) is 0 Å². The number of benzene rings is 1. The van der Waals surface area contributed by atoms with Crippen molar-refractivity contribution in [3.8, 4) is 6.07 Å². The minimum Gasteiger partial charge on any atom is -0.336 e. The molecule has 1 unspecified atom stereocenters. The molecule has 1 atom stereocenters. The van der Waals surface area contributed by atoms with Crippen molar-refractivity contribution in [1.82, 2.24) is 9.80 Å². The topological polar surface area (TPSA) is 47.3 Å². The van der Waals surface area contributed by atoms with Gasteiger partial charge >= 0.3 is 0 Å². The molecule has 0 bridgehead atoms. The number of amides is 1. The molecular weight excluding hydrogens is 353 g/mol. The summed E-state index contributed by atoms with van der Waals surface area (Å²) in [5.74, 6) is 0.0859. The number of hydrogen-bond acceptors (Lipinski definition) is 3. The van der Waals surface area contributed by atoms with Crippen molar-refractivity contribution in [1.29, 1.82) is 5.26 Å².